The van der Waals surface area contributed by atoms with Crippen molar-refractivity contribution in [1.82, 2.24) is 4.90 Å². The predicted molar refractivity (Wildman–Crippen MR) is 107 cm³/mol. The number of ether oxygens (including phenoxy) is 3. The van der Waals surface area contributed by atoms with Crippen LogP contribution in [0.4, 0.5) is 4.79 Å². The quantitative estimate of drug-likeness (QED) is 0.536. The third-order valence-corrected chi connectivity index (χ3v) is 5.74. The molecule has 2 aliphatic rings. The number of rotatable bonds is 7. The molecule has 1 aromatic rings. The molecule has 162 valence electrons. The van der Waals surface area contributed by atoms with Crippen LogP contribution >= 0.6 is 0 Å². The maximum Gasteiger partial charge on any atom is 0.416 e. The highest BCUT2D eigenvalue weighted by molar-refractivity contribution is 5.98. The number of hydrogen-bond acceptors (Lipinski definition) is 7. The van der Waals surface area contributed by atoms with Crippen LogP contribution in [0, 0.1) is 6.92 Å². The number of carbonyl (C=O) groups is 3. The van der Waals surface area contributed by atoms with Crippen molar-refractivity contribution in [2.45, 2.75) is 59.1 Å². The van der Waals surface area contributed by atoms with Gasteiger partial charge >= 0.3 is 12.1 Å². The van der Waals surface area contributed by atoms with Crippen LogP contribution in [0.25, 0.3) is 0 Å². The molecule has 1 saturated heterocycles. The van der Waals surface area contributed by atoms with Gasteiger partial charge in [-0.25, -0.2) is 14.5 Å². The lowest BCUT2D eigenvalue weighted by Gasteiger charge is -2.18. The average Bonchev–Trinajstić information content (AvgIpc) is 3.30. The van der Waals surface area contributed by atoms with E-state index in [0.717, 1.165) is 11.1 Å². The van der Waals surface area contributed by atoms with Gasteiger partial charge < -0.3 is 19.3 Å². The van der Waals surface area contributed by atoms with Crippen molar-refractivity contribution >= 4 is 18.0 Å². The van der Waals surface area contributed by atoms with Gasteiger partial charge in [-0.3, -0.25) is 4.79 Å². The zero-order valence-electron chi connectivity index (χ0n) is 17.7. The Kier molecular flexibility index (Phi) is 6.34. The minimum atomic E-state index is -0.580. The lowest BCUT2D eigenvalue weighted by atomic mass is 9.94. The summed E-state index contributed by atoms with van der Waals surface area (Å²) in [5.41, 5.74) is 3.04. The Morgan fingerprint density at radius 1 is 1.30 bits per heavy atom. The molecular formula is C22H27NO7. The van der Waals surface area contributed by atoms with E-state index in [2.05, 4.69) is 0 Å². The monoisotopic (exact) mass is 417 g/mol. The SMILES string of the molecule is CCC1COC(=O)N1C(=O)CCC(C)=CCc1c(O)c2c(c(C)c1OC)COC2=O. The number of methoxy groups -OCH3 is 1. The van der Waals surface area contributed by atoms with Crippen molar-refractivity contribution < 1.29 is 33.7 Å². The number of benzene rings is 1. The van der Waals surface area contributed by atoms with Crippen molar-refractivity contribution in [2.24, 2.45) is 0 Å². The van der Waals surface area contributed by atoms with Gasteiger partial charge in [-0.2, -0.15) is 0 Å². The van der Waals surface area contributed by atoms with E-state index in [1.54, 1.807) is 0 Å². The summed E-state index contributed by atoms with van der Waals surface area (Å²) in [6.45, 7) is 5.99. The maximum absolute atomic E-state index is 12.5. The summed E-state index contributed by atoms with van der Waals surface area (Å²) in [7, 11) is 1.52. The molecule has 0 aromatic heterocycles. The van der Waals surface area contributed by atoms with Crippen LogP contribution in [-0.2, 0) is 27.3 Å². The van der Waals surface area contributed by atoms with Crippen LogP contribution < -0.4 is 4.74 Å². The molecule has 2 heterocycles. The summed E-state index contributed by atoms with van der Waals surface area (Å²) in [6, 6.07) is -0.204. The number of aromatic hydroxyl groups is 1. The number of cyclic esters (lactones) is 2. The molecule has 0 spiro atoms. The number of allylic oxidation sites excluding steroid dienone is 2. The second-order valence-electron chi connectivity index (χ2n) is 7.57. The van der Waals surface area contributed by atoms with E-state index in [-0.39, 0.29) is 42.9 Å². The smallest absolute Gasteiger partial charge is 0.416 e. The van der Waals surface area contributed by atoms with Crippen molar-refractivity contribution in [1.29, 1.82) is 0 Å². The van der Waals surface area contributed by atoms with Gasteiger partial charge in [0.25, 0.3) is 0 Å². The highest BCUT2D eigenvalue weighted by atomic mass is 16.6. The third-order valence-electron chi connectivity index (χ3n) is 5.74. The van der Waals surface area contributed by atoms with Crippen LogP contribution in [0.1, 0.15) is 60.2 Å². The van der Waals surface area contributed by atoms with E-state index < -0.39 is 12.1 Å². The van der Waals surface area contributed by atoms with Gasteiger partial charge in [0.15, 0.2) is 0 Å². The first kappa shape index (κ1) is 21.7. The molecule has 1 N–H and O–H groups in total. The third kappa shape index (κ3) is 3.86. The van der Waals surface area contributed by atoms with Gasteiger partial charge in [0.2, 0.25) is 5.91 Å². The Hall–Kier alpha value is -3.03. The first-order valence-electron chi connectivity index (χ1n) is 10.0. The Morgan fingerprint density at radius 2 is 2.03 bits per heavy atom. The van der Waals surface area contributed by atoms with Crippen LogP contribution in [0.5, 0.6) is 11.5 Å². The topological polar surface area (TPSA) is 102 Å². The Morgan fingerprint density at radius 3 is 2.70 bits per heavy atom. The molecule has 2 amide bonds. The summed E-state index contributed by atoms with van der Waals surface area (Å²) in [6.07, 6.45) is 2.95. The fourth-order valence-electron chi connectivity index (χ4n) is 3.90. The highest BCUT2D eigenvalue weighted by Gasteiger charge is 2.36. The largest absolute Gasteiger partial charge is 0.507 e. The van der Waals surface area contributed by atoms with Crippen LogP contribution in [-0.4, -0.2) is 47.7 Å². The molecule has 0 bridgehead atoms. The van der Waals surface area contributed by atoms with Crippen molar-refractivity contribution in [2.75, 3.05) is 13.7 Å². The predicted octanol–water partition coefficient (Wildman–Crippen LogP) is 3.41. The standard InChI is InChI=1S/C22H27NO7/c1-5-14-10-30-22(27)23(14)17(24)9-7-12(2)6-8-15-19(25)18-16(11-29-21(18)26)13(3)20(15)28-4/h6,14,25H,5,7-11H2,1-4H3. The molecule has 0 aliphatic carbocycles. The van der Waals surface area contributed by atoms with Crippen molar-refractivity contribution in [3.8, 4) is 11.5 Å². The van der Waals surface area contributed by atoms with Crippen LogP contribution in [0.15, 0.2) is 11.6 Å². The molecular weight excluding hydrogens is 390 g/mol. The van der Waals surface area contributed by atoms with E-state index >= 15 is 0 Å². The van der Waals surface area contributed by atoms with E-state index in [9.17, 15) is 19.5 Å². The van der Waals surface area contributed by atoms with E-state index in [0.29, 0.717) is 36.1 Å². The Balaban J connectivity index is 1.72. The number of phenols is 1. The van der Waals surface area contributed by atoms with Crippen molar-refractivity contribution in [3.63, 3.8) is 0 Å². The number of imide groups is 1. The first-order chi connectivity index (χ1) is 14.3. The number of esters is 1. The van der Waals surface area contributed by atoms with E-state index in [1.807, 2.05) is 26.8 Å². The number of amides is 2. The molecule has 8 heteroatoms. The molecule has 1 atom stereocenters. The number of fused-ring (bicyclic) bond motifs is 1. The molecule has 8 nitrogen and oxygen atoms in total. The number of carbonyl (C=O) groups excluding carboxylic acids is 3. The van der Waals surface area contributed by atoms with Gasteiger partial charge in [0, 0.05) is 17.5 Å². The van der Waals surface area contributed by atoms with Gasteiger partial charge in [-0.15, -0.1) is 0 Å². The fourth-order valence-corrected chi connectivity index (χ4v) is 3.90. The van der Waals surface area contributed by atoms with E-state index in [1.165, 1.54) is 12.0 Å². The summed E-state index contributed by atoms with van der Waals surface area (Å²) in [5.74, 6) is -0.395. The van der Waals surface area contributed by atoms with Crippen LogP contribution in [0.2, 0.25) is 0 Å². The zero-order chi connectivity index (χ0) is 22.0. The molecule has 2 aliphatic heterocycles. The second-order valence-corrected chi connectivity index (χ2v) is 7.57. The number of phenolic OH excluding ortho intramolecular Hbond substituents is 1. The minimum absolute atomic E-state index is 0.124. The normalized spacial score (nSPS) is 18.3. The molecule has 1 unspecified atom stereocenters. The van der Waals surface area contributed by atoms with E-state index in [4.69, 9.17) is 14.2 Å². The second kappa shape index (κ2) is 8.77. The zero-order valence-corrected chi connectivity index (χ0v) is 17.7. The van der Waals surface area contributed by atoms with Gasteiger partial charge in [0.1, 0.15) is 30.3 Å². The van der Waals surface area contributed by atoms with Crippen molar-refractivity contribution in [3.05, 3.63) is 33.9 Å². The molecule has 30 heavy (non-hydrogen) atoms. The highest BCUT2D eigenvalue weighted by Crippen LogP contribution is 2.42. The lowest BCUT2D eigenvalue weighted by Crippen LogP contribution is -2.38. The summed E-state index contributed by atoms with van der Waals surface area (Å²) in [5, 5.41) is 10.7. The molecule has 0 saturated carbocycles. The fraction of sp³-hybridized carbons (Fsp3) is 0.500. The number of nitrogens with zero attached hydrogens (tertiary/aromatic N) is 1. The Labute approximate surface area is 175 Å². The Bertz CT molecular complexity index is 919. The van der Waals surface area contributed by atoms with Gasteiger partial charge in [-0.1, -0.05) is 18.6 Å². The molecule has 3 rings (SSSR count). The summed E-state index contributed by atoms with van der Waals surface area (Å²) in [4.78, 5) is 37.4. The van der Waals surface area contributed by atoms with Crippen LogP contribution in [0.3, 0.4) is 0 Å². The van der Waals surface area contributed by atoms with Gasteiger partial charge in [-0.05, 0) is 38.7 Å². The summed E-state index contributed by atoms with van der Waals surface area (Å²) < 4.78 is 15.5. The summed E-state index contributed by atoms with van der Waals surface area (Å²) >= 11 is 0. The maximum atomic E-state index is 12.5. The first-order valence-corrected chi connectivity index (χ1v) is 10.0. The lowest BCUT2D eigenvalue weighted by molar-refractivity contribution is -0.129. The van der Waals surface area contributed by atoms with Gasteiger partial charge in [0.05, 0.1) is 13.2 Å². The molecule has 1 fully saturated rings. The minimum Gasteiger partial charge on any atom is -0.507 e. The number of hydrogen-bond donors (Lipinski definition) is 1. The average molecular weight is 417 g/mol. The molecule has 1 aromatic carbocycles. The molecule has 0 radical (unpaired) electrons.